The van der Waals surface area contributed by atoms with Crippen molar-refractivity contribution in [2.24, 2.45) is 0 Å². The molecule has 142 valence electrons. The molecule has 26 heavy (non-hydrogen) atoms. The fourth-order valence-electron chi connectivity index (χ4n) is 3.16. The number of hydrogen-bond acceptors (Lipinski definition) is 3. The molecule has 0 saturated carbocycles. The molecule has 0 aliphatic rings. The highest BCUT2D eigenvalue weighted by molar-refractivity contribution is 5.80. The zero-order valence-corrected chi connectivity index (χ0v) is 16.8. The molecule has 0 amide bonds. The van der Waals surface area contributed by atoms with Gasteiger partial charge in [-0.25, -0.2) is 4.68 Å². The van der Waals surface area contributed by atoms with E-state index in [0.717, 1.165) is 24.2 Å². The maximum absolute atomic E-state index is 12.5. The number of unbranched alkanes of at least 4 members (excludes halogenated alkanes) is 3. The van der Waals surface area contributed by atoms with E-state index in [2.05, 4.69) is 25.9 Å². The molecule has 4 nitrogen and oxygen atoms in total. The summed E-state index contributed by atoms with van der Waals surface area (Å²) < 4.78 is 7.17. The van der Waals surface area contributed by atoms with Gasteiger partial charge in [0.15, 0.2) is 6.61 Å². The average Bonchev–Trinajstić information content (AvgIpc) is 2.91. The third kappa shape index (κ3) is 5.20. The van der Waals surface area contributed by atoms with Crippen LogP contribution in [0.1, 0.15) is 79.7 Å². The summed E-state index contributed by atoms with van der Waals surface area (Å²) in [6.07, 6.45) is 5.85. The van der Waals surface area contributed by atoms with Crippen LogP contribution in [0.25, 0.3) is 0 Å². The molecular formula is C22H32N2O2. The van der Waals surface area contributed by atoms with E-state index in [0.29, 0.717) is 11.7 Å². The summed E-state index contributed by atoms with van der Waals surface area (Å²) >= 11 is 0. The Morgan fingerprint density at radius 2 is 1.81 bits per heavy atom. The SMILES string of the molecule is CCCCCCc1c(C)nn(C(=O)COc2ccc(C(C)C)cc2)c1C. The first-order chi connectivity index (χ1) is 12.4. The molecule has 1 heterocycles. The molecule has 0 aliphatic carbocycles. The summed E-state index contributed by atoms with van der Waals surface area (Å²) in [5.41, 5.74) is 4.36. The van der Waals surface area contributed by atoms with E-state index < -0.39 is 0 Å². The van der Waals surface area contributed by atoms with E-state index in [-0.39, 0.29) is 12.5 Å². The van der Waals surface area contributed by atoms with Gasteiger partial charge in [-0.3, -0.25) is 4.79 Å². The largest absolute Gasteiger partial charge is 0.484 e. The molecular weight excluding hydrogens is 324 g/mol. The van der Waals surface area contributed by atoms with Crippen molar-refractivity contribution in [3.8, 4) is 5.75 Å². The molecule has 0 spiro atoms. The Labute approximate surface area is 157 Å². The van der Waals surface area contributed by atoms with Crippen molar-refractivity contribution in [1.29, 1.82) is 0 Å². The maximum atomic E-state index is 12.5. The predicted octanol–water partition coefficient (Wildman–Crippen LogP) is 5.47. The molecule has 0 unspecified atom stereocenters. The highest BCUT2D eigenvalue weighted by Gasteiger charge is 2.16. The van der Waals surface area contributed by atoms with E-state index in [1.807, 2.05) is 38.1 Å². The summed E-state index contributed by atoms with van der Waals surface area (Å²) in [5.74, 6) is 1.07. The Morgan fingerprint density at radius 3 is 2.42 bits per heavy atom. The average molecular weight is 357 g/mol. The van der Waals surface area contributed by atoms with Gasteiger partial charge in [-0.05, 0) is 55.9 Å². The number of aryl methyl sites for hydroxylation is 1. The molecule has 2 rings (SSSR count). The molecule has 1 aromatic carbocycles. The standard InChI is InChI=1S/C22H32N2O2/c1-6-7-8-9-10-21-17(4)23-24(18(21)5)22(25)15-26-20-13-11-19(12-14-20)16(2)3/h11-14,16H,6-10,15H2,1-5H3. The van der Waals surface area contributed by atoms with Crippen LogP contribution in [0.3, 0.4) is 0 Å². The fraction of sp³-hybridized carbons (Fsp3) is 0.545. The quantitative estimate of drug-likeness (QED) is 0.560. The second kappa shape index (κ2) is 9.56. The lowest BCUT2D eigenvalue weighted by Crippen LogP contribution is -2.21. The monoisotopic (exact) mass is 356 g/mol. The van der Waals surface area contributed by atoms with Gasteiger partial charge in [0.2, 0.25) is 0 Å². The molecule has 4 heteroatoms. The number of benzene rings is 1. The van der Waals surface area contributed by atoms with E-state index in [4.69, 9.17) is 4.74 Å². The van der Waals surface area contributed by atoms with Crippen LogP contribution >= 0.6 is 0 Å². The molecule has 1 aromatic heterocycles. The van der Waals surface area contributed by atoms with Crippen LogP contribution in [-0.2, 0) is 6.42 Å². The minimum atomic E-state index is -0.127. The van der Waals surface area contributed by atoms with E-state index in [1.165, 1.54) is 35.1 Å². The summed E-state index contributed by atoms with van der Waals surface area (Å²) in [6, 6.07) is 7.93. The number of nitrogens with zero attached hydrogens (tertiary/aromatic N) is 2. The van der Waals surface area contributed by atoms with Crippen LogP contribution in [0.2, 0.25) is 0 Å². The summed E-state index contributed by atoms with van der Waals surface area (Å²) in [7, 11) is 0. The number of carbonyl (C=O) groups excluding carboxylic acids is 1. The van der Waals surface area contributed by atoms with Gasteiger partial charge in [-0.2, -0.15) is 5.10 Å². The Kier molecular flexibility index (Phi) is 7.43. The number of rotatable bonds is 9. The van der Waals surface area contributed by atoms with Gasteiger partial charge in [0, 0.05) is 5.69 Å². The second-order valence-electron chi connectivity index (χ2n) is 7.28. The molecule has 0 radical (unpaired) electrons. The van der Waals surface area contributed by atoms with Crippen LogP contribution in [0.4, 0.5) is 0 Å². The highest BCUT2D eigenvalue weighted by Crippen LogP contribution is 2.19. The summed E-state index contributed by atoms with van der Waals surface area (Å²) in [6.45, 7) is 10.5. The molecule has 0 saturated heterocycles. The fourth-order valence-corrected chi connectivity index (χ4v) is 3.16. The maximum Gasteiger partial charge on any atom is 0.284 e. The van der Waals surface area contributed by atoms with Crippen molar-refractivity contribution in [3.05, 3.63) is 46.8 Å². The predicted molar refractivity (Wildman–Crippen MR) is 106 cm³/mol. The van der Waals surface area contributed by atoms with Gasteiger partial charge in [0.25, 0.3) is 5.91 Å². The number of carbonyl (C=O) groups is 1. The number of ether oxygens (including phenoxy) is 1. The second-order valence-corrected chi connectivity index (χ2v) is 7.28. The molecule has 0 fully saturated rings. The van der Waals surface area contributed by atoms with Crippen molar-refractivity contribution >= 4 is 5.91 Å². The Balaban J connectivity index is 1.96. The third-order valence-corrected chi connectivity index (χ3v) is 4.87. The molecule has 0 aliphatic heterocycles. The smallest absolute Gasteiger partial charge is 0.284 e. The van der Waals surface area contributed by atoms with Crippen LogP contribution in [0.5, 0.6) is 5.75 Å². The first-order valence-corrected chi connectivity index (χ1v) is 9.75. The van der Waals surface area contributed by atoms with Gasteiger partial charge < -0.3 is 4.74 Å². The van der Waals surface area contributed by atoms with Crippen LogP contribution in [0.15, 0.2) is 24.3 Å². The van der Waals surface area contributed by atoms with Crippen molar-refractivity contribution in [3.63, 3.8) is 0 Å². The summed E-state index contributed by atoms with van der Waals surface area (Å²) in [5, 5.41) is 4.45. The van der Waals surface area contributed by atoms with Crippen LogP contribution < -0.4 is 4.74 Å². The Hall–Kier alpha value is -2.10. The van der Waals surface area contributed by atoms with Crippen LogP contribution in [-0.4, -0.2) is 22.3 Å². The zero-order valence-electron chi connectivity index (χ0n) is 16.8. The van der Waals surface area contributed by atoms with Gasteiger partial charge >= 0.3 is 0 Å². The molecule has 2 aromatic rings. The lowest BCUT2D eigenvalue weighted by Gasteiger charge is -2.09. The van der Waals surface area contributed by atoms with Crippen molar-refractivity contribution in [2.45, 2.75) is 72.6 Å². The first-order valence-electron chi connectivity index (χ1n) is 9.75. The number of hydrogen-bond donors (Lipinski definition) is 0. The summed E-state index contributed by atoms with van der Waals surface area (Å²) in [4.78, 5) is 12.5. The lowest BCUT2D eigenvalue weighted by atomic mass is 10.0. The topological polar surface area (TPSA) is 44.1 Å². The van der Waals surface area contributed by atoms with Gasteiger partial charge in [0.1, 0.15) is 5.75 Å². The van der Waals surface area contributed by atoms with E-state index in [9.17, 15) is 4.79 Å². The van der Waals surface area contributed by atoms with E-state index in [1.54, 1.807) is 0 Å². The minimum Gasteiger partial charge on any atom is -0.484 e. The van der Waals surface area contributed by atoms with Crippen LogP contribution in [0, 0.1) is 13.8 Å². The minimum absolute atomic E-state index is 0.00173. The molecule has 0 atom stereocenters. The highest BCUT2D eigenvalue weighted by atomic mass is 16.5. The normalized spacial score (nSPS) is 11.2. The molecule has 0 N–H and O–H groups in total. The Bertz CT molecular complexity index is 714. The van der Waals surface area contributed by atoms with Crippen molar-refractivity contribution < 1.29 is 9.53 Å². The zero-order chi connectivity index (χ0) is 19.1. The lowest BCUT2D eigenvalue weighted by molar-refractivity contribution is 0.0818. The van der Waals surface area contributed by atoms with Crippen molar-refractivity contribution in [1.82, 2.24) is 9.78 Å². The van der Waals surface area contributed by atoms with Gasteiger partial charge in [0.05, 0.1) is 5.69 Å². The first kappa shape index (κ1) is 20.2. The van der Waals surface area contributed by atoms with Gasteiger partial charge in [-0.1, -0.05) is 52.2 Å². The van der Waals surface area contributed by atoms with Crippen molar-refractivity contribution in [2.75, 3.05) is 6.61 Å². The Morgan fingerprint density at radius 1 is 1.12 bits per heavy atom. The third-order valence-electron chi connectivity index (χ3n) is 4.87. The van der Waals surface area contributed by atoms with Gasteiger partial charge in [-0.15, -0.1) is 0 Å². The number of aromatic nitrogens is 2. The molecule has 0 bridgehead atoms. The van der Waals surface area contributed by atoms with E-state index >= 15 is 0 Å².